The van der Waals surface area contributed by atoms with Crippen molar-refractivity contribution < 1.29 is 9.53 Å². The van der Waals surface area contributed by atoms with Crippen molar-refractivity contribution in [3.63, 3.8) is 0 Å². The van der Waals surface area contributed by atoms with Crippen molar-refractivity contribution in [2.45, 2.75) is 6.61 Å². The summed E-state index contributed by atoms with van der Waals surface area (Å²) in [6.45, 7) is 0.365. The Bertz CT molecular complexity index is 708. The molecule has 0 atom stereocenters. The van der Waals surface area contributed by atoms with Crippen LogP contribution in [0.1, 0.15) is 11.1 Å². The number of nitrogens with two attached hydrogens (primary N) is 1. The van der Waals surface area contributed by atoms with Crippen LogP contribution in [0, 0.1) is 11.8 Å². The van der Waals surface area contributed by atoms with E-state index in [0.717, 1.165) is 5.56 Å². The van der Waals surface area contributed by atoms with Gasteiger partial charge in [-0.25, -0.2) is 9.78 Å². The lowest BCUT2D eigenvalue weighted by molar-refractivity contribution is 0.141. The summed E-state index contributed by atoms with van der Waals surface area (Å²) in [7, 11) is 0. The summed E-state index contributed by atoms with van der Waals surface area (Å²) < 4.78 is 5.05. The number of carbonyl (C=O) groups is 1. The molecule has 0 aliphatic heterocycles. The maximum absolute atomic E-state index is 11.5. The number of benzene rings is 1. The molecule has 1 aromatic heterocycles. The third-order valence-corrected chi connectivity index (χ3v) is 2.87. The monoisotopic (exact) mass is 315 g/mol. The highest BCUT2D eigenvalue weighted by Gasteiger charge is 2.00. The van der Waals surface area contributed by atoms with Crippen LogP contribution in [0.5, 0.6) is 0 Å². The Morgan fingerprint density at radius 1 is 1.36 bits per heavy atom. The zero-order valence-electron chi connectivity index (χ0n) is 11.7. The number of nitrogen functional groups attached to an aromatic ring is 1. The van der Waals surface area contributed by atoms with E-state index < -0.39 is 6.09 Å². The molecule has 1 heterocycles. The third-order valence-electron chi connectivity index (χ3n) is 2.66. The molecule has 0 radical (unpaired) electrons. The van der Waals surface area contributed by atoms with E-state index in [1.165, 1.54) is 12.3 Å². The molecule has 2 aromatic rings. The number of nitrogens with one attached hydrogen (secondary N) is 1. The third kappa shape index (κ3) is 5.00. The van der Waals surface area contributed by atoms with Crippen LogP contribution >= 0.6 is 11.6 Å². The topological polar surface area (TPSA) is 77.2 Å². The zero-order chi connectivity index (χ0) is 15.8. The molecule has 2 rings (SSSR count). The zero-order valence-corrected chi connectivity index (χ0v) is 12.4. The fourth-order valence-electron chi connectivity index (χ4n) is 1.58. The quantitative estimate of drug-likeness (QED) is 0.674. The van der Waals surface area contributed by atoms with E-state index in [9.17, 15) is 4.79 Å². The number of ether oxygens (including phenoxy) is 1. The van der Waals surface area contributed by atoms with E-state index in [2.05, 4.69) is 22.1 Å². The minimum Gasteiger partial charge on any atom is -0.445 e. The molecular weight excluding hydrogens is 302 g/mol. The Labute approximate surface area is 133 Å². The first kappa shape index (κ1) is 15.7. The van der Waals surface area contributed by atoms with Crippen molar-refractivity contribution in [2.24, 2.45) is 0 Å². The highest BCUT2D eigenvalue weighted by molar-refractivity contribution is 6.29. The van der Waals surface area contributed by atoms with Gasteiger partial charge in [0, 0.05) is 6.20 Å². The van der Waals surface area contributed by atoms with Gasteiger partial charge in [-0.1, -0.05) is 53.8 Å². The molecule has 0 aliphatic carbocycles. The fraction of sp³-hybridized carbons (Fsp3) is 0.125. The first-order valence-corrected chi connectivity index (χ1v) is 6.87. The SMILES string of the molecule is Nc1cc(Cl)ncc1C#CCNC(=O)OCc1ccccc1. The summed E-state index contributed by atoms with van der Waals surface area (Å²) >= 11 is 5.69. The fourth-order valence-corrected chi connectivity index (χ4v) is 1.74. The van der Waals surface area contributed by atoms with Crippen LogP contribution in [0.4, 0.5) is 10.5 Å². The molecule has 0 spiro atoms. The van der Waals surface area contributed by atoms with Crippen LogP contribution in [0.15, 0.2) is 42.6 Å². The lowest BCUT2D eigenvalue weighted by Crippen LogP contribution is -2.24. The summed E-state index contributed by atoms with van der Waals surface area (Å²) in [5.74, 6) is 5.57. The number of hydrogen-bond acceptors (Lipinski definition) is 4. The minimum absolute atomic E-state index is 0.149. The molecule has 5 nitrogen and oxygen atoms in total. The number of anilines is 1. The number of amides is 1. The second-order valence-electron chi connectivity index (χ2n) is 4.31. The maximum atomic E-state index is 11.5. The summed E-state index contributed by atoms with van der Waals surface area (Å²) in [5, 5.41) is 2.84. The van der Waals surface area contributed by atoms with Gasteiger partial charge in [0.05, 0.1) is 17.8 Å². The van der Waals surface area contributed by atoms with Crippen molar-refractivity contribution in [3.8, 4) is 11.8 Å². The number of hydrogen-bond donors (Lipinski definition) is 2. The van der Waals surface area contributed by atoms with Gasteiger partial charge in [0.25, 0.3) is 0 Å². The predicted molar refractivity (Wildman–Crippen MR) is 85.2 cm³/mol. The highest BCUT2D eigenvalue weighted by atomic mass is 35.5. The molecule has 6 heteroatoms. The molecule has 22 heavy (non-hydrogen) atoms. The predicted octanol–water partition coefficient (Wildman–Crippen LogP) is 2.60. The lowest BCUT2D eigenvalue weighted by Gasteiger charge is -2.04. The second kappa shape index (κ2) is 7.91. The van der Waals surface area contributed by atoms with Crippen molar-refractivity contribution >= 4 is 23.4 Å². The van der Waals surface area contributed by atoms with E-state index in [4.69, 9.17) is 22.1 Å². The number of nitrogens with zero attached hydrogens (tertiary/aromatic N) is 1. The van der Waals surface area contributed by atoms with Gasteiger partial charge in [-0.15, -0.1) is 0 Å². The molecule has 1 amide bonds. The van der Waals surface area contributed by atoms with Crippen molar-refractivity contribution in [3.05, 3.63) is 58.9 Å². The number of pyridine rings is 1. The van der Waals surface area contributed by atoms with Crippen molar-refractivity contribution in [1.29, 1.82) is 0 Å². The number of aromatic nitrogens is 1. The van der Waals surface area contributed by atoms with E-state index in [-0.39, 0.29) is 13.2 Å². The van der Waals surface area contributed by atoms with Gasteiger partial charge in [-0.2, -0.15) is 0 Å². The normalized spacial score (nSPS) is 9.50. The average molecular weight is 316 g/mol. The van der Waals surface area contributed by atoms with Crippen molar-refractivity contribution in [2.75, 3.05) is 12.3 Å². The van der Waals surface area contributed by atoms with Crippen LogP contribution in [-0.4, -0.2) is 17.6 Å². The molecule has 1 aromatic carbocycles. The molecule has 0 saturated heterocycles. The van der Waals surface area contributed by atoms with Gasteiger partial charge < -0.3 is 15.8 Å². The second-order valence-corrected chi connectivity index (χ2v) is 4.70. The van der Waals surface area contributed by atoms with Crippen LogP contribution in [0.3, 0.4) is 0 Å². The average Bonchev–Trinajstić information content (AvgIpc) is 2.52. The first-order valence-electron chi connectivity index (χ1n) is 6.49. The maximum Gasteiger partial charge on any atom is 0.408 e. The molecule has 0 bridgehead atoms. The van der Waals surface area contributed by atoms with E-state index in [0.29, 0.717) is 16.4 Å². The minimum atomic E-state index is -0.527. The van der Waals surface area contributed by atoms with Gasteiger partial charge in [0.1, 0.15) is 11.8 Å². The van der Waals surface area contributed by atoms with E-state index >= 15 is 0 Å². The van der Waals surface area contributed by atoms with Gasteiger partial charge >= 0.3 is 6.09 Å². The Morgan fingerprint density at radius 2 is 2.14 bits per heavy atom. The Kier molecular flexibility index (Phi) is 5.64. The van der Waals surface area contributed by atoms with Gasteiger partial charge in [0.15, 0.2) is 0 Å². The van der Waals surface area contributed by atoms with Crippen LogP contribution in [0.25, 0.3) is 0 Å². The molecule has 112 valence electrons. The molecule has 0 aliphatic rings. The van der Waals surface area contributed by atoms with Gasteiger partial charge in [-0.05, 0) is 11.6 Å². The van der Waals surface area contributed by atoms with Crippen molar-refractivity contribution in [1.82, 2.24) is 10.3 Å². The smallest absolute Gasteiger partial charge is 0.408 e. The molecule has 0 saturated carbocycles. The van der Waals surface area contributed by atoms with E-state index in [1.807, 2.05) is 30.3 Å². The Hall–Kier alpha value is -2.71. The summed E-state index contributed by atoms with van der Waals surface area (Å²) in [4.78, 5) is 15.4. The Morgan fingerprint density at radius 3 is 2.86 bits per heavy atom. The standard InChI is InChI=1S/C16H14ClN3O2/c17-15-9-14(18)13(10-20-15)7-4-8-19-16(21)22-11-12-5-2-1-3-6-12/h1-3,5-6,9-10H,8,11H2,(H2,18,20)(H,19,21). The highest BCUT2D eigenvalue weighted by Crippen LogP contribution is 2.13. The number of alkyl carbamates (subject to hydrolysis) is 1. The van der Waals surface area contributed by atoms with Crippen LogP contribution in [0.2, 0.25) is 5.15 Å². The molecule has 0 fully saturated rings. The number of carbonyl (C=O) groups excluding carboxylic acids is 1. The summed E-state index contributed by atoms with van der Waals surface area (Å²) in [6.07, 6.45) is 0.957. The van der Waals surface area contributed by atoms with Gasteiger partial charge in [-0.3, -0.25) is 0 Å². The molecule has 0 unspecified atom stereocenters. The number of rotatable bonds is 3. The van der Waals surface area contributed by atoms with Crippen LogP contribution in [-0.2, 0) is 11.3 Å². The largest absolute Gasteiger partial charge is 0.445 e. The first-order chi connectivity index (χ1) is 10.6. The van der Waals surface area contributed by atoms with Gasteiger partial charge in [0.2, 0.25) is 0 Å². The Balaban J connectivity index is 1.76. The lowest BCUT2D eigenvalue weighted by atomic mass is 10.2. The molecule has 3 N–H and O–H groups in total. The summed E-state index contributed by atoms with van der Waals surface area (Å²) in [6, 6.07) is 10.9. The summed E-state index contributed by atoms with van der Waals surface area (Å²) in [5.41, 5.74) is 7.66. The van der Waals surface area contributed by atoms with E-state index in [1.54, 1.807) is 0 Å². The number of halogens is 1. The molecular formula is C16H14ClN3O2. The van der Waals surface area contributed by atoms with Crippen LogP contribution < -0.4 is 11.1 Å².